The SMILES string of the molecule is CC[C@H](C)[C@H](NC(=O)[C@@H]1CCCN1C(=O)[C@@H](NC(=O)[C@@H](N)Cc1ccccc1)C(C)C)C(=O)N[C@@H](Cc1ccccc1)C(=O)N[C@H](C(=O)N[C@@H](Cc1ccc(O)cc1)C(=O)N[C@@H](C)C(=O)N[C@@H](CCC(=O)O)C(=O)N[C@@H](CC(C)C)C(=O)N[C@@H](CCC(N)=O)C(=O)N[C@@H](CCCN=C(N)N)C(N)=O)[C@@H](C)O. The van der Waals surface area contributed by atoms with Gasteiger partial charge in [-0.15, -0.1) is 0 Å². The Kier molecular flexibility index (Phi) is 36.0. The summed E-state index contributed by atoms with van der Waals surface area (Å²) < 4.78 is 0. The summed E-state index contributed by atoms with van der Waals surface area (Å²) in [6.07, 6.45) is -3.07. The number of carboxylic acids is 1. The van der Waals surface area contributed by atoms with E-state index in [1.165, 1.54) is 43.0 Å². The summed E-state index contributed by atoms with van der Waals surface area (Å²) in [5.74, 6) is -14.7. The molecule has 14 atom stereocenters. The van der Waals surface area contributed by atoms with Gasteiger partial charge in [-0.3, -0.25) is 72.1 Å². The van der Waals surface area contributed by atoms with Crippen molar-refractivity contribution in [3.8, 4) is 5.75 Å². The predicted molar refractivity (Wildman–Crippen MR) is 390 cm³/mol. The molecule has 0 aromatic heterocycles. The maximum atomic E-state index is 14.7. The zero-order valence-corrected chi connectivity index (χ0v) is 61.3. The van der Waals surface area contributed by atoms with Gasteiger partial charge in [-0.05, 0) is 112 Å². The van der Waals surface area contributed by atoms with E-state index in [4.69, 9.17) is 28.7 Å². The van der Waals surface area contributed by atoms with Gasteiger partial charge in [-0.25, -0.2) is 0 Å². The average Bonchev–Trinajstić information content (AvgIpc) is 1.57. The van der Waals surface area contributed by atoms with Crippen molar-refractivity contribution in [1.29, 1.82) is 0 Å². The number of aromatic hydroxyl groups is 1. The maximum absolute atomic E-state index is 14.7. The predicted octanol–water partition coefficient (Wildman–Crippen LogP) is -2.60. The number of aliphatic imine (C=N–C) groups is 1. The molecule has 3 aromatic carbocycles. The van der Waals surface area contributed by atoms with Crippen LogP contribution in [0.25, 0.3) is 0 Å². The number of carboxylic acid groups (broad SMARTS) is 1. The molecule has 1 heterocycles. The number of primary amides is 2. The first-order valence-corrected chi connectivity index (χ1v) is 35.5. The summed E-state index contributed by atoms with van der Waals surface area (Å²) in [7, 11) is 0. The van der Waals surface area contributed by atoms with Crippen LogP contribution >= 0.6 is 0 Å². The van der Waals surface area contributed by atoms with E-state index in [2.05, 4.69) is 58.2 Å². The zero-order chi connectivity index (χ0) is 79.1. The first-order chi connectivity index (χ1) is 50.0. The number of nitrogens with zero attached hydrogens (tertiary/aromatic N) is 2. The molecule has 1 fully saturated rings. The van der Waals surface area contributed by atoms with Gasteiger partial charge in [-0.1, -0.05) is 121 Å². The summed E-state index contributed by atoms with van der Waals surface area (Å²) in [6.45, 7) is 13.0. The normalized spacial score (nSPS) is 16.3. The molecule has 106 heavy (non-hydrogen) atoms. The Morgan fingerprint density at radius 3 is 1.50 bits per heavy atom. The Morgan fingerprint density at radius 1 is 0.519 bits per heavy atom. The fourth-order valence-corrected chi connectivity index (χ4v) is 11.6. The molecule has 0 radical (unpaired) electrons. The average molecular weight is 1480 g/mol. The van der Waals surface area contributed by atoms with Crippen molar-refractivity contribution in [2.24, 2.45) is 51.4 Å². The molecule has 34 heteroatoms. The van der Waals surface area contributed by atoms with Gasteiger partial charge in [0.15, 0.2) is 5.96 Å². The monoisotopic (exact) mass is 1480 g/mol. The molecule has 1 aliphatic rings. The fourth-order valence-electron chi connectivity index (χ4n) is 11.6. The lowest BCUT2D eigenvalue weighted by molar-refractivity contribution is -0.143. The van der Waals surface area contributed by atoms with E-state index in [0.717, 1.165) is 5.56 Å². The highest BCUT2D eigenvalue weighted by Gasteiger charge is 2.42. The number of hydrogen-bond donors (Lipinski definition) is 18. The second kappa shape index (κ2) is 43.5. The number of carbonyl (C=O) groups is 14. The van der Waals surface area contributed by atoms with E-state index in [0.29, 0.717) is 24.0 Å². The van der Waals surface area contributed by atoms with Crippen LogP contribution in [0.2, 0.25) is 0 Å². The summed E-state index contributed by atoms with van der Waals surface area (Å²) in [6, 6.07) is 5.95. The number of guanidine groups is 1. The summed E-state index contributed by atoms with van der Waals surface area (Å²) in [5, 5.41) is 56.7. The number of nitrogens with one attached hydrogen (secondary N) is 10. The minimum atomic E-state index is -1.87. The Labute approximate surface area is 616 Å². The molecule has 13 amide bonds. The number of carbonyl (C=O) groups excluding carboxylic acids is 13. The molecule has 0 aliphatic carbocycles. The van der Waals surface area contributed by atoms with E-state index >= 15 is 0 Å². The van der Waals surface area contributed by atoms with Crippen molar-refractivity contribution in [1.82, 2.24) is 58.1 Å². The number of phenols is 1. The molecule has 23 N–H and O–H groups in total. The first-order valence-electron chi connectivity index (χ1n) is 35.5. The number of aliphatic hydroxyl groups excluding tert-OH is 1. The smallest absolute Gasteiger partial charge is 0.303 e. The number of aliphatic carboxylic acids is 1. The molecule has 1 saturated heterocycles. The second-order valence-electron chi connectivity index (χ2n) is 27.4. The van der Waals surface area contributed by atoms with Gasteiger partial charge >= 0.3 is 5.97 Å². The number of phenolic OH excluding ortho intramolecular Hbond substituents is 1. The van der Waals surface area contributed by atoms with Crippen molar-refractivity contribution >= 4 is 88.7 Å². The van der Waals surface area contributed by atoms with E-state index in [-0.39, 0.29) is 82.1 Å². The third kappa shape index (κ3) is 29.4. The molecular weight excluding hydrogens is 1370 g/mol. The van der Waals surface area contributed by atoms with Crippen LogP contribution in [0, 0.1) is 17.8 Å². The number of likely N-dealkylation sites (tertiary alicyclic amines) is 1. The number of aliphatic hydroxyl groups is 1. The molecule has 0 bridgehead atoms. The largest absolute Gasteiger partial charge is 0.508 e. The van der Waals surface area contributed by atoms with Crippen LogP contribution in [0.15, 0.2) is 89.9 Å². The Hall–Kier alpha value is -10.8. The highest BCUT2D eigenvalue weighted by molar-refractivity contribution is 6.00. The molecule has 0 unspecified atom stereocenters. The molecule has 0 saturated carbocycles. The van der Waals surface area contributed by atoms with Gasteiger partial charge in [0.2, 0.25) is 76.8 Å². The third-order valence-corrected chi connectivity index (χ3v) is 17.8. The molecule has 0 spiro atoms. The van der Waals surface area contributed by atoms with Gasteiger partial charge < -0.3 is 102 Å². The number of rotatable bonds is 44. The number of hydrogen-bond acceptors (Lipinski definition) is 18. The standard InChI is InChI=1S/C72H107N17O17/c1-9-40(6)58(87-68(103)54-23-17-33-89(54)71(106)57(39(4)5)86-62(97)47(73)35-43-18-12-10-13-19-43)69(104)84-53(36-44-20-14-11-15-21-44)67(102)88-59(42(8)90)70(105)85-52(37-45-24-26-46(91)27-25-45)65(100)79-41(7)61(96)81-50(29-31-56(93)94)64(99)83-51(34-38(2)3)66(101)82-49(28-30-55(74)92)63(98)80-48(60(75)95)22-16-32-78-72(76)77/h10-15,18-21,24-27,38-42,47-54,57-59,90-91H,9,16-17,22-23,28-37,73H2,1-8H3,(H2,74,92)(H2,75,95)(H,79,100)(H,80,98)(H,81,96)(H,82,101)(H,83,99)(H,84,104)(H,85,105)(H,86,97)(H,87,103)(H,88,102)(H,93,94)(H4,76,77,78)/t40-,41-,42+,47-,48-,49-,50-,51-,52-,53-,54-,57-,58-,59-/m0/s1. The van der Waals surface area contributed by atoms with Crippen molar-refractivity contribution < 1.29 is 82.4 Å². The molecule has 34 nitrogen and oxygen atoms in total. The van der Waals surface area contributed by atoms with E-state index in [1.807, 2.05) is 30.3 Å². The lowest BCUT2D eigenvalue weighted by Crippen LogP contribution is -2.63. The Balaban J connectivity index is 1.57. The van der Waals surface area contributed by atoms with Crippen molar-refractivity contribution in [3.63, 3.8) is 0 Å². The Morgan fingerprint density at radius 2 is 0.991 bits per heavy atom. The zero-order valence-electron chi connectivity index (χ0n) is 61.3. The summed E-state index contributed by atoms with van der Waals surface area (Å²) in [5.41, 5.74) is 29.7. The van der Waals surface area contributed by atoms with Crippen LogP contribution in [0.3, 0.4) is 0 Å². The molecule has 4 rings (SSSR count). The van der Waals surface area contributed by atoms with Crippen LogP contribution in [-0.4, -0.2) is 201 Å². The third-order valence-electron chi connectivity index (χ3n) is 17.8. The van der Waals surface area contributed by atoms with Gasteiger partial charge in [0.25, 0.3) is 0 Å². The lowest BCUT2D eigenvalue weighted by atomic mass is 9.96. The van der Waals surface area contributed by atoms with E-state index < -0.39 is 192 Å². The summed E-state index contributed by atoms with van der Waals surface area (Å²) >= 11 is 0. The molecule has 1 aliphatic heterocycles. The van der Waals surface area contributed by atoms with Crippen LogP contribution in [0.4, 0.5) is 0 Å². The molecule has 3 aromatic rings. The van der Waals surface area contributed by atoms with E-state index in [9.17, 15) is 82.4 Å². The molecule has 582 valence electrons. The molecular formula is C72H107N17O17. The van der Waals surface area contributed by atoms with Crippen molar-refractivity contribution in [2.45, 2.75) is 217 Å². The Bertz CT molecular complexity index is 3530. The first kappa shape index (κ1) is 87.6. The van der Waals surface area contributed by atoms with Gasteiger partial charge in [0.05, 0.1) is 12.1 Å². The van der Waals surface area contributed by atoms with Gasteiger partial charge in [0, 0.05) is 38.8 Å². The van der Waals surface area contributed by atoms with Gasteiger partial charge in [0.1, 0.15) is 72.2 Å². The summed E-state index contributed by atoms with van der Waals surface area (Å²) in [4.78, 5) is 198. The minimum absolute atomic E-state index is 0.0298. The maximum Gasteiger partial charge on any atom is 0.303 e. The van der Waals surface area contributed by atoms with Crippen molar-refractivity contribution in [3.05, 3.63) is 102 Å². The van der Waals surface area contributed by atoms with Crippen LogP contribution < -0.4 is 81.8 Å². The van der Waals surface area contributed by atoms with Crippen LogP contribution in [0.1, 0.15) is 136 Å². The topological polar surface area (TPSA) is 566 Å². The minimum Gasteiger partial charge on any atom is -0.508 e. The van der Waals surface area contributed by atoms with Gasteiger partial charge in [-0.2, -0.15) is 0 Å². The van der Waals surface area contributed by atoms with Crippen molar-refractivity contribution in [2.75, 3.05) is 13.1 Å². The number of amides is 13. The second-order valence-corrected chi connectivity index (χ2v) is 27.4. The van der Waals surface area contributed by atoms with Crippen LogP contribution in [0.5, 0.6) is 5.75 Å². The quantitative estimate of drug-likeness (QED) is 0.0157. The van der Waals surface area contributed by atoms with E-state index in [1.54, 1.807) is 71.9 Å². The highest BCUT2D eigenvalue weighted by Crippen LogP contribution is 2.23. The lowest BCUT2D eigenvalue weighted by Gasteiger charge is -2.33. The number of nitrogens with two attached hydrogens (primary N) is 5. The fraction of sp³-hybridized carbons (Fsp3) is 0.542. The van der Waals surface area contributed by atoms with Crippen LogP contribution in [-0.2, 0) is 86.4 Å². The number of benzene rings is 3. The highest BCUT2D eigenvalue weighted by atomic mass is 16.4.